The molecule has 1 aromatic heterocycles. The number of rotatable bonds is 3. The van der Waals surface area contributed by atoms with Crippen LogP contribution in [0.5, 0.6) is 0 Å². The number of fused-ring (bicyclic) bond motifs is 1. The van der Waals surface area contributed by atoms with Crippen molar-refractivity contribution in [1.82, 2.24) is 15.8 Å². The fourth-order valence-corrected chi connectivity index (χ4v) is 1.96. The summed E-state index contributed by atoms with van der Waals surface area (Å²) in [5.41, 5.74) is 1.39. The highest BCUT2D eigenvalue weighted by molar-refractivity contribution is 5.93. The Balaban J connectivity index is 1.71. The molecule has 2 N–H and O–H groups in total. The minimum Gasteiger partial charge on any atom is -0.360 e. The number of nitrogens with one attached hydrogen (secondary N) is 2. The van der Waals surface area contributed by atoms with Gasteiger partial charge in [0.15, 0.2) is 5.69 Å². The number of nitrogens with zero attached hydrogens (tertiary/aromatic N) is 1. The van der Waals surface area contributed by atoms with Crippen LogP contribution in [0.15, 0.2) is 4.52 Å². The van der Waals surface area contributed by atoms with Gasteiger partial charge in [0.05, 0.1) is 0 Å². The van der Waals surface area contributed by atoms with Crippen molar-refractivity contribution in [2.24, 2.45) is 5.92 Å². The van der Waals surface area contributed by atoms with Crippen LogP contribution in [0.1, 0.15) is 34.7 Å². The molecule has 1 aliphatic heterocycles. The predicted octanol–water partition coefficient (Wildman–Crippen LogP) is 0.460. The molecule has 0 saturated heterocycles. The van der Waals surface area contributed by atoms with Gasteiger partial charge in [0.1, 0.15) is 5.76 Å². The maximum atomic E-state index is 11.8. The Kier molecular flexibility index (Phi) is 2.40. The van der Waals surface area contributed by atoms with Crippen molar-refractivity contribution in [3.8, 4) is 0 Å². The molecular weight excluding hydrogens is 206 g/mol. The minimum absolute atomic E-state index is 0.0967. The zero-order valence-corrected chi connectivity index (χ0v) is 9.08. The third-order valence-corrected chi connectivity index (χ3v) is 3.16. The predicted molar refractivity (Wildman–Crippen MR) is 57.0 cm³/mol. The molecular formula is C11H15N3O2. The van der Waals surface area contributed by atoms with Gasteiger partial charge in [-0.15, -0.1) is 0 Å². The van der Waals surface area contributed by atoms with Crippen LogP contribution in [-0.2, 0) is 13.0 Å². The number of carbonyl (C=O) groups is 1. The van der Waals surface area contributed by atoms with Gasteiger partial charge < -0.3 is 15.2 Å². The summed E-state index contributed by atoms with van der Waals surface area (Å²) in [5.74, 6) is 1.45. The summed E-state index contributed by atoms with van der Waals surface area (Å²) in [6.45, 7) is 2.35. The van der Waals surface area contributed by atoms with E-state index in [2.05, 4.69) is 15.8 Å². The lowest BCUT2D eigenvalue weighted by atomic mass is 10.1. The topological polar surface area (TPSA) is 67.2 Å². The molecule has 5 heteroatoms. The van der Waals surface area contributed by atoms with Crippen LogP contribution >= 0.6 is 0 Å². The lowest BCUT2D eigenvalue weighted by Gasteiger charge is -2.10. The van der Waals surface area contributed by atoms with Crippen LogP contribution in [0.3, 0.4) is 0 Å². The molecule has 0 unspecified atom stereocenters. The molecule has 0 bridgehead atoms. The molecule has 86 valence electrons. The van der Waals surface area contributed by atoms with Crippen molar-refractivity contribution < 1.29 is 9.32 Å². The van der Waals surface area contributed by atoms with Crippen LogP contribution in [0, 0.1) is 5.92 Å². The Morgan fingerprint density at radius 2 is 2.44 bits per heavy atom. The Morgan fingerprint density at radius 3 is 3.25 bits per heavy atom. The molecule has 0 radical (unpaired) electrons. The van der Waals surface area contributed by atoms with Crippen molar-refractivity contribution in [3.63, 3.8) is 0 Å². The van der Waals surface area contributed by atoms with Crippen LogP contribution < -0.4 is 10.6 Å². The molecule has 1 saturated carbocycles. The zero-order chi connectivity index (χ0) is 11.0. The van der Waals surface area contributed by atoms with Gasteiger partial charge in [0, 0.05) is 31.6 Å². The molecule has 0 aromatic carbocycles. The maximum Gasteiger partial charge on any atom is 0.273 e. The Hall–Kier alpha value is -1.36. The first-order chi connectivity index (χ1) is 7.84. The van der Waals surface area contributed by atoms with E-state index >= 15 is 0 Å². The van der Waals surface area contributed by atoms with Crippen molar-refractivity contribution in [2.75, 3.05) is 13.1 Å². The second-order valence-corrected chi connectivity index (χ2v) is 4.51. The van der Waals surface area contributed by atoms with Crippen molar-refractivity contribution >= 4 is 5.91 Å². The quantitative estimate of drug-likeness (QED) is 0.778. The van der Waals surface area contributed by atoms with Crippen molar-refractivity contribution in [1.29, 1.82) is 0 Å². The van der Waals surface area contributed by atoms with Crippen LogP contribution in [-0.4, -0.2) is 24.2 Å². The summed E-state index contributed by atoms with van der Waals surface area (Å²) in [7, 11) is 0. The smallest absolute Gasteiger partial charge is 0.273 e. The van der Waals surface area contributed by atoms with Crippen molar-refractivity contribution in [2.45, 2.75) is 25.8 Å². The summed E-state index contributed by atoms with van der Waals surface area (Å²) in [6, 6.07) is 0. The zero-order valence-electron chi connectivity index (χ0n) is 9.08. The Bertz CT molecular complexity index is 409. The van der Waals surface area contributed by atoms with E-state index in [4.69, 9.17) is 4.52 Å². The highest BCUT2D eigenvalue weighted by Crippen LogP contribution is 2.27. The van der Waals surface area contributed by atoms with E-state index in [1.54, 1.807) is 0 Å². The first-order valence-corrected chi connectivity index (χ1v) is 5.81. The van der Waals surface area contributed by atoms with Gasteiger partial charge in [-0.05, 0) is 18.8 Å². The monoisotopic (exact) mass is 221 g/mol. The van der Waals surface area contributed by atoms with E-state index in [0.29, 0.717) is 18.2 Å². The molecule has 2 heterocycles. The first-order valence-electron chi connectivity index (χ1n) is 5.81. The molecule has 2 aliphatic rings. The standard InChI is InChI=1S/C11H15N3O2/c15-11(13-5-7-1-2-7)10-8-6-12-4-3-9(8)16-14-10/h7,12H,1-6H2,(H,13,15). The molecule has 16 heavy (non-hydrogen) atoms. The fraction of sp³-hybridized carbons (Fsp3) is 0.636. The second-order valence-electron chi connectivity index (χ2n) is 4.51. The molecule has 1 amide bonds. The molecule has 0 spiro atoms. The number of amides is 1. The normalized spacial score (nSPS) is 19.2. The Morgan fingerprint density at radius 1 is 1.56 bits per heavy atom. The van der Waals surface area contributed by atoms with Gasteiger partial charge in [-0.2, -0.15) is 0 Å². The first kappa shape index (κ1) is 9.84. The van der Waals surface area contributed by atoms with Crippen molar-refractivity contribution in [3.05, 3.63) is 17.0 Å². The van der Waals surface area contributed by atoms with E-state index < -0.39 is 0 Å². The van der Waals surface area contributed by atoms with Gasteiger partial charge in [0.2, 0.25) is 0 Å². The third kappa shape index (κ3) is 1.82. The SMILES string of the molecule is O=C(NCC1CC1)c1noc2c1CNCC2. The average molecular weight is 221 g/mol. The van der Waals surface area contributed by atoms with Crippen LogP contribution in [0.2, 0.25) is 0 Å². The molecule has 0 atom stereocenters. The summed E-state index contributed by atoms with van der Waals surface area (Å²) in [6.07, 6.45) is 3.29. The lowest BCUT2D eigenvalue weighted by Crippen LogP contribution is -2.29. The highest BCUT2D eigenvalue weighted by atomic mass is 16.5. The third-order valence-electron chi connectivity index (χ3n) is 3.16. The molecule has 3 rings (SSSR count). The fourth-order valence-electron chi connectivity index (χ4n) is 1.96. The molecule has 5 nitrogen and oxygen atoms in total. The van der Waals surface area contributed by atoms with E-state index in [1.165, 1.54) is 12.8 Å². The summed E-state index contributed by atoms with van der Waals surface area (Å²) >= 11 is 0. The summed E-state index contributed by atoms with van der Waals surface area (Å²) in [5, 5.41) is 10.00. The van der Waals surface area contributed by atoms with Gasteiger partial charge in [-0.25, -0.2) is 0 Å². The van der Waals surface area contributed by atoms with Crippen LogP contribution in [0.4, 0.5) is 0 Å². The summed E-state index contributed by atoms with van der Waals surface area (Å²) in [4.78, 5) is 11.8. The highest BCUT2D eigenvalue weighted by Gasteiger charge is 2.26. The minimum atomic E-state index is -0.0967. The average Bonchev–Trinajstić information content (AvgIpc) is 3.04. The largest absolute Gasteiger partial charge is 0.360 e. The number of carbonyl (C=O) groups excluding carboxylic acids is 1. The van der Waals surface area contributed by atoms with Crippen LogP contribution in [0.25, 0.3) is 0 Å². The number of hydrogen-bond acceptors (Lipinski definition) is 4. The van der Waals surface area contributed by atoms with Gasteiger partial charge >= 0.3 is 0 Å². The molecule has 1 aliphatic carbocycles. The van der Waals surface area contributed by atoms with E-state index in [0.717, 1.165) is 30.8 Å². The summed E-state index contributed by atoms with van der Waals surface area (Å²) < 4.78 is 5.18. The number of hydrogen-bond donors (Lipinski definition) is 2. The molecule has 1 aromatic rings. The Labute approximate surface area is 93.6 Å². The van der Waals surface area contributed by atoms with E-state index in [9.17, 15) is 4.79 Å². The number of aromatic nitrogens is 1. The van der Waals surface area contributed by atoms with Gasteiger partial charge in [-0.3, -0.25) is 4.79 Å². The van der Waals surface area contributed by atoms with E-state index in [-0.39, 0.29) is 5.91 Å². The van der Waals surface area contributed by atoms with Gasteiger partial charge in [-0.1, -0.05) is 5.16 Å². The van der Waals surface area contributed by atoms with Gasteiger partial charge in [0.25, 0.3) is 5.91 Å². The second kappa shape index (κ2) is 3.90. The van der Waals surface area contributed by atoms with E-state index in [1.807, 2.05) is 0 Å². The molecule has 1 fully saturated rings. The maximum absolute atomic E-state index is 11.8. The lowest BCUT2D eigenvalue weighted by molar-refractivity contribution is 0.0942.